The fourth-order valence-corrected chi connectivity index (χ4v) is 5.08. The molecule has 0 saturated heterocycles. The van der Waals surface area contributed by atoms with Gasteiger partial charge in [-0.3, -0.25) is 0 Å². The molecule has 0 radical (unpaired) electrons. The predicted molar refractivity (Wildman–Crippen MR) is 81.7 cm³/mol. The van der Waals surface area contributed by atoms with Crippen molar-refractivity contribution in [2.75, 3.05) is 0 Å². The molecule has 3 aromatic rings. The van der Waals surface area contributed by atoms with Gasteiger partial charge in [0.25, 0.3) is 0 Å². The monoisotopic (exact) mass is 322 g/mol. The van der Waals surface area contributed by atoms with E-state index < -0.39 is 0 Å². The Balaban J connectivity index is 2.13. The maximum atomic E-state index is 3.84. The first-order valence-corrected chi connectivity index (χ1v) is 8.14. The van der Waals surface area contributed by atoms with E-state index >= 15 is 0 Å². The van der Waals surface area contributed by atoms with E-state index in [1.165, 1.54) is 26.8 Å². The summed E-state index contributed by atoms with van der Waals surface area (Å²) < 4.78 is 1.36. The van der Waals surface area contributed by atoms with Crippen LogP contribution in [0.5, 0.6) is 0 Å². The first-order chi connectivity index (χ1) is 8.27. The summed E-state index contributed by atoms with van der Waals surface area (Å²) in [5, 5.41) is 8.07. The summed E-state index contributed by atoms with van der Waals surface area (Å²) >= 11 is 7.43. The predicted octanol–water partition coefficient (Wildman–Crippen LogP) is 5.76. The van der Waals surface area contributed by atoms with Crippen LogP contribution in [-0.2, 0) is 0 Å². The topological polar surface area (TPSA) is 0 Å². The molecule has 17 heavy (non-hydrogen) atoms. The number of halogens is 1. The summed E-state index contributed by atoms with van der Waals surface area (Å²) in [5.41, 5.74) is 4.14. The van der Waals surface area contributed by atoms with Gasteiger partial charge in [0.1, 0.15) is 0 Å². The number of thiophene rings is 2. The molecule has 0 fully saturated rings. The average molecular weight is 323 g/mol. The Labute approximate surface area is 117 Å². The number of aryl methyl sites for hydroxylation is 1. The van der Waals surface area contributed by atoms with Gasteiger partial charge in [0.2, 0.25) is 0 Å². The van der Waals surface area contributed by atoms with Gasteiger partial charge < -0.3 is 0 Å². The highest BCUT2D eigenvalue weighted by Gasteiger charge is 2.16. The Morgan fingerprint density at radius 1 is 1.06 bits per heavy atom. The number of hydrogen-bond acceptors (Lipinski definition) is 2. The van der Waals surface area contributed by atoms with Crippen molar-refractivity contribution in [3.63, 3.8) is 0 Å². The minimum atomic E-state index is 0.310. The number of hydrogen-bond donors (Lipinski definition) is 0. The van der Waals surface area contributed by atoms with Crippen LogP contribution in [-0.4, -0.2) is 0 Å². The Hall–Kier alpha value is -0.640. The van der Waals surface area contributed by atoms with Gasteiger partial charge >= 0.3 is 0 Å². The second-order valence-corrected chi connectivity index (χ2v) is 6.63. The Kier molecular flexibility index (Phi) is 3.07. The summed E-state index contributed by atoms with van der Waals surface area (Å²) in [6.07, 6.45) is 0. The third-order valence-corrected chi connectivity index (χ3v) is 5.80. The zero-order valence-corrected chi connectivity index (χ0v) is 12.5. The van der Waals surface area contributed by atoms with Crippen LogP contribution in [0.1, 0.15) is 21.5 Å². The van der Waals surface area contributed by atoms with Gasteiger partial charge in [0.15, 0.2) is 0 Å². The van der Waals surface area contributed by atoms with Gasteiger partial charge in [-0.1, -0.05) is 34.1 Å². The summed E-state index contributed by atoms with van der Waals surface area (Å²) in [4.78, 5) is 0.310. The maximum absolute atomic E-state index is 3.84. The van der Waals surface area contributed by atoms with E-state index in [-0.39, 0.29) is 0 Å². The lowest BCUT2D eigenvalue weighted by molar-refractivity contribution is 1.19. The van der Waals surface area contributed by atoms with E-state index in [2.05, 4.69) is 63.3 Å². The van der Waals surface area contributed by atoms with Gasteiger partial charge in [-0.2, -0.15) is 11.3 Å². The van der Waals surface area contributed by atoms with Crippen molar-refractivity contribution in [3.05, 3.63) is 57.1 Å². The van der Waals surface area contributed by atoms with Crippen molar-refractivity contribution in [2.24, 2.45) is 0 Å². The van der Waals surface area contributed by atoms with Gasteiger partial charge in [-0.05, 0) is 51.2 Å². The quantitative estimate of drug-likeness (QED) is 0.526. The lowest BCUT2D eigenvalue weighted by atomic mass is 10.0. The molecule has 0 nitrogen and oxygen atoms in total. The van der Waals surface area contributed by atoms with Gasteiger partial charge in [0.05, 0.1) is 4.83 Å². The van der Waals surface area contributed by atoms with Crippen LogP contribution < -0.4 is 0 Å². The van der Waals surface area contributed by atoms with Crippen molar-refractivity contribution in [1.29, 1.82) is 0 Å². The minimum absolute atomic E-state index is 0.310. The smallest absolute Gasteiger partial charge is 0.0669 e. The molecule has 2 aromatic heterocycles. The number of rotatable bonds is 2. The third-order valence-electron chi connectivity index (χ3n) is 2.95. The molecule has 0 saturated carbocycles. The Morgan fingerprint density at radius 3 is 2.65 bits per heavy atom. The highest BCUT2D eigenvalue weighted by atomic mass is 79.9. The Morgan fingerprint density at radius 2 is 1.88 bits per heavy atom. The SMILES string of the molecule is Cc1cscc1C(Br)c1csc2ccccc12. The zero-order chi connectivity index (χ0) is 11.8. The molecule has 0 aliphatic rings. The van der Waals surface area contributed by atoms with Crippen molar-refractivity contribution in [3.8, 4) is 0 Å². The Bertz CT molecular complexity index is 651. The van der Waals surface area contributed by atoms with E-state index in [9.17, 15) is 0 Å². The van der Waals surface area contributed by atoms with E-state index in [1.807, 2.05) is 11.3 Å². The zero-order valence-electron chi connectivity index (χ0n) is 9.31. The van der Waals surface area contributed by atoms with Crippen LogP contribution in [0.2, 0.25) is 0 Å². The van der Waals surface area contributed by atoms with E-state index in [0.717, 1.165) is 0 Å². The molecular formula is C14H11BrS2. The lowest BCUT2D eigenvalue weighted by Crippen LogP contribution is -1.91. The van der Waals surface area contributed by atoms with Gasteiger partial charge in [-0.25, -0.2) is 0 Å². The molecule has 3 heteroatoms. The second-order valence-electron chi connectivity index (χ2n) is 4.06. The molecule has 0 aliphatic heterocycles. The minimum Gasteiger partial charge on any atom is -0.152 e. The number of alkyl halides is 1. The van der Waals surface area contributed by atoms with Crippen molar-refractivity contribution in [1.82, 2.24) is 0 Å². The third kappa shape index (κ3) is 1.96. The molecular weight excluding hydrogens is 312 g/mol. The summed E-state index contributed by atoms with van der Waals surface area (Å²) in [7, 11) is 0. The summed E-state index contributed by atoms with van der Waals surface area (Å²) in [5.74, 6) is 0. The van der Waals surface area contributed by atoms with Crippen LogP contribution in [0.15, 0.2) is 40.4 Å². The maximum Gasteiger partial charge on any atom is 0.0669 e. The molecule has 3 rings (SSSR count). The second kappa shape index (κ2) is 4.56. The normalized spacial score (nSPS) is 13.1. The first kappa shape index (κ1) is 11.5. The largest absolute Gasteiger partial charge is 0.152 e. The van der Waals surface area contributed by atoms with Crippen LogP contribution in [0, 0.1) is 6.92 Å². The lowest BCUT2D eigenvalue weighted by Gasteiger charge is -2.08. The molecule has 0 bridgehead atoms. The van der Waals surface area contributed by atoms with Crippen molar-refractivity contribution in [2.45, 2.75) is 11.8 Å². The van der Waals surface area contributed by atoms with Crippen LogP contribution in [0.4, 0.5) is 0 Å². The fraction of sp³-hybridized carbons (Fsp3) is 0.143. The molecule has 2 heterocycles. The van der Waals surface area contributed by atoms with Gasteiger partial charge in [-0.15, -0.1) is 11.3 Å². The highest BCUT2D eigenvalue weighted by Crippen LogP contribution is 2.40. The van der Waals surface area contributed by atoms with Crippen LogP contribution in [0.25, 0.3) is 10.1 Å². The molecule has 0 spiro atoms. The molecule has 1 aromatic carbocycles. The van der Waals surface area contributed by atoms with E-state index in [1.54, 1.807) is 11.3 Å². The molecule has 1 atom stereocenters. The molecule has 0 amide bonds. The summed E-state index contributed by atoms with van der Waals surface area (Å²) in [6.45, 7) is 2.18. The van der Waals surface area contributed by atoms with Crippen molar-refractivity contribution < 1.29 is 0 Å². The fourth-order valence-electron chi connectivity index (χ4n) is 1.99. The first-order valence-electron chi connectivity index (χ1n) is 5.40. The summed E-state index contributed by atoms with van der Waals surface area (Å²) in [6, 6.07) is 8.60. The molecule has 1 unspecified atom stereocenters. The van der Waals surface area contributed by atoms with E-state index in [4.69, 9.17) is 0 Å². The van der Waals surface area contributed by atoms with Crippen LogP contribution in [0.3, 0.4) is 0 Å². The van der Waals surface area contributed by atoms with Crippen molar-refractivity contribution >= 4 is 48.7 Å². The number of fused-ring (bicyclic) bond motifs is 1. The average Bonchev–Trinajstić information content (AvgIpc) is 2.94. The number of benzene rings is 1. The van der Waals surface area contributed by atoms with Gasteiger partial charge in [0, 0.05) is 4.70 Å². The van der Waals surface area contributed by atoms with Crippen LogP contribution >= 0.6 is 38.6 Å². The highest BCUT2D eigenvalue weighted by molar-refractivity contribution is 9.09. The van der Waals surface area contributed by atoms with E-state index in [0.29, 0.717) is 4.83 Å². The molecule has 0 N–H and O–H groups in total. The molecule has 86 valence electrons. The molecule has 0 aliphatic carbocycles. The standard InChI is InChI=1S/C14H11BrS2/c1-9-6-16-7-11(9)14(15)12-8-17-13-5-3-2-4-10(12)13/h2-8,14H,1H3.